The number of rotatable bonds is 9. The average molecular weight is 386 g/mol. The Kier molecular flexibility index (Phi) is 5.96. The third kappa shape index (κ3) is 3.14. The van der Waals surface area contributed by atoms with E-state index in [1.807, 2.05) is 11.8 Å². The van der Waals surface area contributed by atoms with Crippen molar-refractivity contribution in [3.05, 3.63) is 48.8 Å². The van der Waals surface area contributed by atoms with Crippen LogP contribution in [0.2, 0.25) is 0 Å². The maximum Gasteiger partial charge on any atom is 0.265 e. The molecule has 1 N–H and O–H groups in total. The summed E-state index contributed by atoms with van der Waals surface area (Å²) in [5.41, 5.74) is -2.11. The van der Waals surface area contributed by atoms with E-state index in [2.05, 4.69) is 18.3 Å². The summed E-state index contributed by atoms with van der Waals surface area (Å²) in [6.07, 6.45) is 8.44. The summed E-state index contributed by atoms with van der Waals surface area (Å²) in [5, 5.41) is 15.2. The maximum absolute atomic E-state index is 13.2. The standard InChI is InChI=1S/C21H26N2O5/c1-4-7-13-27-20-16-18(28-22-20)17(23(11-5-2)12-6-3)14-9-8-10-15(24)21(14,26)19(16)25/h5-6,8,10,14,17,26H,2-4,7,9,11-13H2,1H3/t14?,17-,21-/m0/s1. The molecule has 0 bridgehead atoms. The Hall–Kier alpha value is -2.51. The van der Waals surface area contributed by atoms with Gasteiger partial charge in [0.2, 0.25) is 5.78 Å². The second-order valence-electron chi connectivity index (χ2n) is 7.11. The van der Waals surface area contributed by atoms with Crippen molar-refractivity contribution in [2.45, 2.75) is 37.8 Å². The molecule has 3 atom stereocenters. The number of hydrogen-bond acceptors (Lipinski definition) is 7. The van der Waals surface area contributed by atoms with Crippen LogP contribution in [-0.4, -0.2) is 52.0 Å². The first-order chi connectivity index (χ1) is 13.5. The number of carbonyl (C=O) groups excluding carboxylic acids is 2. The molecule has 0 spiro atoms. The smallest absolute Gasteiger partial charge is 0.265 e. The summed E-state index contributed by atoms with van der Waals surface area (Å²) in [4.78, 5) is 27.8. The van der Waals surface area contributed by atoms with E-state index >= 15 is 0 Å². The molecule has 0 saturated heterocycles. The van der Waals surface area contributed by atoms with Gasteiger partial charge in [0.1, 0.15) is 5.56 Å². The van der Waals surface area contributed by atoms with Crippen molar-refractivity contribution in [3.63, 3.8) is 0 Å². The van der Waals surface area contributed by atoms with Crippen LogP contribution in [-0.2, 0) is 4.79 Å². The van der Waals surface area contributed by atoms with Crippen molar-refractivity contribution in [2.24, 2.45) is 5.92 Å². The van der Waals surface area contributed by atoms with Crippen molar-refractivity contribution in [3.8, 4) is 5.88 Å². The molecule has 0 radical (unpaired) electrons. The van der Waals surface area contributed by atoms with Crippen LogP contribution in [0.1, 0.15) is 48.3 Å². The molecule has 3 rings (SSSR count). The number of aliphatic hydroxyl groups is 1. The molecule has 0 saturated carbocycles. The van der Waals surface area contributed by atoms with Crippen LogP contribution in [0.4, 0.5) is 0 Å². The van der Waals surface area contributed by atoms with E-state index in [0.29, 0.717) is 31.9 Å². The van der Waals surface area contributed by atoms with E-state index < -0.39 is 29.1 Å². The number of aromatic nitrogens is 1. The largest absolute Gasteiger partial charge is 0.475 e. The SMILES string of the molecule is C=CCN(CC=C)[C@@H]1c2onc(OCCCC)c2C(=O)[C@@]2(O)C(=O)C=CCC12. The minimum atomic E-state index is -2.17. The van der Waals surface area contributed by atoms with E-state index in [4.69, 9.17) is 9.26 Å². The van der Waals surface area contributed by atoms with Crippen molar-refractivity contribution < 1.29 is 24.0 Å². The third-order valence-electron chi connectivity index (χ3n) is 5.34. The van der Waals surface area contributed by atoms with Gasteiger partial charge >= 0.3 is 0 Å². The van der Waals surface area contributed by atoms with E-state index in [-0.39, 0.29) is 11.4 Å². The number of hydrogen-bond donors (Lipinski definition) is 1. The van der Waals surface area contributed by atoms with Gasteiger partial charge in [0.25, 0.3) is 5.88 Å². The van der Waals surface area contributed by atoms with Crippen LogP contribution < -0.4 is 4.74 Å². The van der Waals surface area contributed by atoms with Crippen molar-refractivity contribution >= 4 is 11.6 Å². The average Bonchev–Trinajstić information content (AvgIpc) is 3.09. The lowest BCUT2D eigenvalue weighted by molar-refractivity contribution is -0.137. The molecule has 0 amide bonds. The molecule has 0 aliphatic heterocycles. The van der Waals surface area contributed by atoms with Gasteiger partial charge in [-0.25, -0.2) is 0 Å². The highest BCUT2D eigenvalue weighted by molar-refractivity contribution is 6.23. The molecule has 0 aromatic carbocycles. The summed E-state index contributed by atoms with van der Waals surface area (Å²) in [5.74, 6) is -1.67. The molecule has 28 heavy (non-hydrogen) atoms. The highest BCUT2D eigenvalue weighted by Crippen LogP contribution is 2.50. The molecule has 7 heteroatoms. The minimum Gasteiger partial charge on any atom is -0.475 e. The fraction of sp³-hybridized carbons (Fsp3) is 0.476. The molecule has 2 aliphatic rings. The molecule has 150 valence electrons. The fourth-order valence-electron chi connectivity index (χ4n) is 3.98. The molecule has 1 aromatic rings. The zero-order valence-electron chi connectivity index (χ0n) is 16.1. The first-order valence-electron chi connectivity index (χ1n) is 9.56. The molecule has 2 aliphatic carbocycles. The van der Waals surface area contributed by atoms with Gasteiger partial charge in [-0.2, -0.15) is 0 Å². The Balaban J connectivity index is 2.13. The van der Waals surface area contributed by atoms with Crippen molar-refractivity contribution in [1.82, 2.24) is 10.1 Å². The molecule has 1 heterocycles. The fourth-order valence-corrected chi connectivity index (χ4v) is 3.98. The Morgan fingerprint density at radius 1 is 1.39 bits per heavy atom. The first-order valence-corrected chi connectivity index (χ1v) is 9.56. The molecule has 0 fully saturated rings. The third-order valence-corrected chi connectivity index (χ3v) is 5.34. The summed E-state index contributed by atoms with van der Waals surface area (Å²) >= 11 is 0. The lowest BCUT2D eigenvalue weighted by Crippen LogP contribution is -2.60. The van der Waals surface area contributed by atoms with E-state index in [1.165, 1.54) is 6.08 Å². The summed E-state index contributed by atoms with van der Waals surface area (Å²) < 4.78 is 11.2. The van der Waals surface area contributed by atoms with Crippen LogP contribution in [0.15, 0.2) is 42.0 Å². The van der Waals surface area contributed by atoms with E-state index in [1.54, 1.807) is 18.2 Å². The normalized spacial score (nSPS) is 26.1. The zero-order chi connectivity index (χ0) is 20.3. The van der Waals surface area contributed by atoms with Crippen LogP contribution in [0.25, 0.3) is 0 Å². The topological polar surface area (TPSA) is 92.9 Å². The Morgan fingerprint density at radius 3 is 2.75 bits per heavy atom. The maximum atomic E-state index is 13.2. The number of unbranched alkanes of at least 4 members (excludes halogenated alkanes) is 1. The molecule has 7 nitrogen and oxygen atoms in total. The monoisotopic (exact) mass is 386 g/mol. The van der Waals surface area contributed by atoms with Crippen LogP contribution >= 0.6 is 0 Å². The predicted octanol–water partition coefficient (Wildman–Crippen LogP) is 2.64. The number of nitrogens with zero attached hydrogens (tertiary/aromatic N) is 2. The lowest BCUT2D eigenvalue weighted by atomic mass is 9.65. The quantitative estimate of drug-likeness (QED) is 0.396. The molecule has 1 aromatic heterocycles. The number of carbonyl (C=O) groups is 2. The molecular formula is C21H26N2O5. The number of fused-ring (bicyclic) bond motifs is 2. The van der Waals surface area contributed by atoms with Gasteiger partial charge < -0.3 is 14.4 Å². The molecular weight excluding hydrogens is 360 g/mol. The van der Waals surface area contributed by atoms with Crippen molar-refractivity contribution in [1.29, 1.82) is 0 Å². The van der Waals surface area contributed by atoms with E-state index in [9.17, 15) is 14.7 Å². The van der Waals surface area contributed by atoms with Gasteiger partial charge in [-0.05, 0) is 24.1 Å². The second kappa shape index (κ2) is 8.24. The van der Waals surface area contributed by atoms with Gasteiger partial charge in [-0.15, -0.1) is 13.2 Å². The lowest BCUT2D eigenvalue weighted by Gasteiger charge is -2.45. The number of allylic oxidation sites excluding steroid dienone is 1. The molecule has 1 unspecified atom stereocenters. The number of ether oxygens (including phenoxy) is 1. The summed E-state index contributed by atoms with van der Waals surface area (Å²) in [6, 6.07) is -0.543. The predicted molar refractivity (Wildman–Crippen MR) is 103 cm³/mol. The summed E-state index contributed by atoms with van der Waals surface area (Å²) in [6.45, 7) is 10.9. The highest BCUT2D eigenvalue weighted by atomic mass is 16.5. The minimum absolute atomic E-state index is 0.0323. The van der Waals surface area contributed by atoms with Crippen molar-refractivity contribution in [2.75, 3.05) is 19.7 Å². The number of Topliss-reactive ketones (excluding diaryl/α,β-unsaturated/α-hetero) is 1. The van der Waals surface area contributed by atoms with Gasteiger partial charge in [0, 0.05) is 19.0 Å². The van der Waals surface area contributed by atoms with E-state index in [0.717, 1.165) is 12.8 Å². The zero-order valence-corrected chi connectivity index (χ0v) is 16.1. The van der Waals surface area contributed by atoms with Crippen LogP contribution in [0.5, 0.6) is 5.88 Å². The Labute approximate surface area is 164 Å². The van der Waals surface area contributed by atoms with Gasteiger partial charge in [0.05, 0.1) is 12.6 Å². The highest BCUT2D eigenvalue weighted by Gasteiger charge is 2.61. The van der Waals surface area contributed by atoms with Gasteiger partial charge in [-0.1, -0.05) is 31.6 Å². The van der Waals surface area contributed by atoms with Gasteiger partial charge in [0.15, 0.2) is 17.1 Å². The van der Waals surface area contributed by atoms with Gasteiger partial charge in [-0.3, -0.25) is 14.5 Å². The van der Waals surface area contributed by atoms with Crippen LogP contribution in [0, 0.1) is 5.92 Å². The Bertz CT molecular complexity index is 802. The Morgan fingerprint density at radius 2 is 2.11 bits per heavy atom. The summed E-state index contributed by atoms with van der Waals surface area (Å²) in [7, 11) is 0. The second-order valence-corrected chi connectivity index (χ2v) is 7.11. The van der Waals surface area contributed by atoms with Crippen LogP contribution in [0.3, 0.4) is 0 Å². The number of ketones is 2. The first kappa shape index (κ1) is 20.2.